The largest absolute Gasteiger partial charge is 0.504 e. The highest BCUT2D eigenvalue weighted by Gasteiger charge is 2.23. The van der Waals surface area contributed by atoms with Crippen LogP contribution in [0.25, 0.3) is 0 Å². The topological polar surface area (TPSA) is 107 Å². The molecule has 0 aliphatic carbocycles. The predicted molar refractivity (Wildman–Crippen MR) is 74.5 cm³/mol. The number of benzene rings is 2. The van der Waals surface area contributed by atoms with Crippen LogP contribution >= 0.6 is 0 Å². The van der Waals surface area contributed by atoms with Gasteiger partial charge < -0.3 is 26.2 Å². The number of rotatable bonds is 4. The van der Waals surface area contributed by atoms with E-state index >= 15 is 0 Å². The molecule has 0 saturated heterocycles. The molecule has 0 bridgehead atoms. The van der Waals surface area contributed by atoms with Crippen LogP contribution < -0.4 is 5.73 Å². The van der Waals surface area contributed by atoms with E-state index in [0.29, 0.717) is 6.42 Å². The average molecular weight is 275 g/mol. The van der Waals surface area contributed by atoms with E-state index in [-0.39, 0.29) is 5.56 Å². The van der Waals surface area contributed by atoms with Crippen LogP contribution in [0.3, 0.4) is 0 Å². The van der Waals surface area contributed by atoms with Gasteiger partial charge in [-0.05, 0) is 17.7 Å². The Kier molecular flexibility index (Phi) is 4.12. The quantitative estimate of drug-likeness (QED) is 0.542. The molecule has 2 aromatic carbocycles. The minimum atomic E-state index is -0.924. The molecule has 0 fully saturated rings. The fraction of sp³-hybridized carbons (Fsp3) is 0.200. The maximum Gasteiger partial charge on any atom is 0.200 e. The summed E-state index contributed by atoms with van der Waals surface area (Å²) in [7, 11) is 0. The molecule has 0 aliphatic heterocycles. The first-order chi connectivity index (χ1) is 9.50. The Labute approximate surface area is 116 Å². The molecule has 0 saturated carbocycles. The highest BCUT2D eigenvalue weighted by molar-refractivity contribution is 5.54. The van der Waals surface area contributed by atoms with E-state index in [1.54, 1.807) is 0 Å². The Balaban J connectivity index is 2.19. The molecule has 0 heterocycles. The van der Waals surface area contributed by atoms with Crippen molar-refractivity contribution in [2.75, 3.05) is 0 Å². The summed E-state index contributed by atoms with van der Waals surface area (Å²) < 4.78 is 0. The Morgan fingerprint density at radius 2 is 1.55 bits per heavy atom. The van der Waals surface area contributed by atoms with Crippen LogP contribution in [-0.4, -0.2) is 26.5 Å². The van der Waals surface area contributed by atoms with Crippen molar-refractivity contribution in [2.24, 2.45) is 5.73 Å². The van der Waals surface area contributed by atoms with Crippen molar-refractivity contribution in [3.63, 3.8) is 0 Å². The first-order valence-corrected chi connectivity index (χ1v) is 6.22. The van der Waals surface area contributed by atoms with E-state index in [9.17, 15) is 20.4 Å². The van der Waals surface area contributed by atoms with Gasteiger partial charge in [-0.15, -0.1) is 0 Å². The molecule has 2 atom stereocenters. The molecule has 0 spiro atoms. The standard InChI is InChI=1S/C15H17NO4/c16-13(10-6-7-11(17)15(20)14(10)19)12(18)8-9-4-2-1-3-5-9/h1-7,12-13,17-20H,8,16H2/t12-,13+/m1/s1. The van der Waals surface area contributed by atoms with E-state index in [1.165, 1.54) is 12.1 Å². The van der Waals surface area contributed by atoms with Gasteiger partial charge in [-0.25, -0.2) is 0 Å². The first-order valence-electron chi connectivity index (χ1n) is 6.22. The van der Waals surface area contributed by atoms with Crippen molar-refractivity contribution >= 4 is 0 Å². The van der Waals surface area contributed by atoms with Gasteiger partial charge in [0, 0.05) is 12.0 Å². The molecule has 0 aromatic heterocycles. The van der Waals surface area contributed by atoms with Crippen LogP contribution in [-0.2, 0) is 6.42 Å². The molecule has 0 radical (unpaired) electrons. The van der Waals surface area contributed by atoms with Gasteiger partial charge in [0.2, 0.25) is 5.75 Å². The van der Waals surface area contributed by atoms with Crippen LogP contribution in [0.15, 0.2) is 42.5 Å². The van der Waals surface area contributed by atoms with Gasteiger partial charge in [-0.2, -0.15) is 0 Å². The second kappa shape index (κ2) is 5.81. The number of hydrogen-bond acceptors (Lipinski definition) is 5. The van der Waals surface area contributed by atoms with Crippen molar-refractivity contribution in [2.45, 2.75) is 18.6 Å². The highest BCUT2D eigenvalue weighted by atomic mass is 16.3. The molecule has 20 heavy (non-hydrogen) atoms. The summed E-state index contributed by atoms with van der Waals surface area (Å²) >= 11 is 0. The summed E-state index contributed by atoms with van der Waals surface area (Å²) in [6.45, 7) is 0. The Morgan fingerprint density at radius 3 is 2.20 bits per heavy atom. The minimum absolute atomic E-state index is 0.184. The lowest BCUT2D eigenvalue weighted by Crippen LogP contribution is -2.28. The molecule has 106 valence electrons. The fourth-order valence-electron chi connectivity index (χ4n) is 2.04. The van der Waals surface area contributed by atoms with E-state index < -0.39 is 29.4 Å². The fourth-order valence-corrected chi connectivity index (χ4v) is 2.04. The lowest BCUT2D eigenvalue weighted by Gasteiger charge is -2.20. The predicted octanol–water partition coefficient (Wildman–Crippen LogP) is 1.41. The van der Waals surface area contributed by atoms with Crippen LogP contribution in [0.5, 0.6) is 17.2 Å². The van der Waals surface area contributed by atoms with Crippen molar-refractivity contribution < 1.29 is 20.4 Å². The lowest BCUT2D eigenvalue weighted by atomic mass is 9.96. The van der Waals surface area contributed by atoms with Crippen molar-refractivity contribution in [3.8, 4) is 17.2 Å². The molecule has 0 amide bonds. The number of aliphatic hydroxyl groups is 1. The van der Waals surface area contributed by atoms with Crippen LogP contribution in [0, 0.1) is 0 Å². The molecule has 5 heteroatoms. The van der Waals surface area contributed by atoms with E-state index in [0.717, 1.165) is 5.56 Å². The number of hydrogen-bond donors (Lipinski definition) is 5. The van der Waals surface area contributed by atoms with E-state index in [2.05, 4.69) is 0 Å². The number of nitrogens with two attached hydrogens (primary N) is 1. The Bertz CT molecular complexity index is 586. The molecule has 6 N–H and O–H groups in total. The van der Waals surface area contributed by atoms with Gasteiger partial charge in [0.05, 0.1) is 12.1 Å². The summed E-state index contributed by atoms with van der Waals surface area (Å²) in [5.41, 5.74) is 7.00. The number of aliphatic hydroxyl groups excluding tert-OH is 1. The van der Waals surface area contributed by atoms with Gasteiger partial charge in [0.1, 0.15) is 0 Å². The summed E-state index contributed by atoms with van der Waals surface area (Å²) in [4.78, 5) is 0. The van der Waals surface area contributed by atoms with Gasteiger partial charge in [-0.1, -0.05) is 30.3 Å². The zero-order valence-electron chi connectivity index (χ0n) is 10.8. The molecule has 5 nitrogen and oxygen atoms in total. The maximum atomic E-state index is 10.1. The molecule has 2 aromatic rings. The molecule has 0 aliphatic rings. The van der Waals surface area contributed by atoms with E-state index in [4.69, 9.17) is 5.73 Å². The molecular formula is C15H17NO4. The van der Waals surface area contributed by atoms with Gasteiger partial charge in [0.15, 0.2) is 11.5 Å². The smallest absolute Gasteiger partial charge is 0.200 e. The zero-order valence-corrected chi connectivity index (χ0v) is 10.8. The molecule has 2 rings (SSSR count). The highest BCUT2D eigenvalue weighted by Crippen LogP contribution is 2.39. The Hall–Kier alpha value is -2.24. The summed E-state index contributed by atoms with van der Waals surface area (Å²) in [6, 6.07) is 11.0. The number of aromatic hydroxyl groups is 3. The van der Waals surface area contributed by atoms with Crippen molar-refractivity contribution in [3.05, 3.63) is 53.6 Å². The SMILES string of the molecule is N[C@@H](c1ccc(O)c(O)c1O)[C@H](O)Cc1ccccc1. The lowest BCUT2D eigenvalue weighted by molar-refractivity contribution is 0.143. The third-order valence-corrected chi connectivity index (χ3v) is 3.22. The van der Waals surface area contributed by atoms with Crippen LogP contribution in [0.1, 0.15) is 17.2 Å². The van der Waals surface area contributed by atoms with Crippen LogP contribution in [0.4, 0.5) is 0 Å². The van der Waals surface area contributed by atoms with Crippen molar-refractivity contribution in [1.29, 1.82) is 0 Å². The third-order valence-electron chi connectivity index (χ3n) is 3.22. The maximum absolute atomic E-state index is 10.1. The second-order valence-corrected chi connectivity index (χ2v) is 4.65. The summed E-state index contributed by atoms with van der Waals surface area (Å²) in [5, 5.41) is 38.6. The van der Waals surface area contributed by atoms with Gasteiger partial charge in [-0.3, -0.25) is 0 Å². The minimum Gasteiger partial charge on any atom is -0.504 e. The van der Waals surface area contributed by atoms with Crippen LogP contribution in [0.2, 0.25) is 0 Å². The monoisotopic (exact) mass is 275 g/mol. The summed E-state index contributed by atoms with van der Waals surface area (Å²) in [6.07, 6.45) is -0.601. The zero-order chi connectivity index (χ0) is 14.7. The average Bonchev–Trinajstić information content (AvgIpc) is 2.45. The summed E-state index contributed by atoms with van der Waals surface area (Å²) in [5.74, 6) is -1.58. The van der Waals surface area contributed by atoms with Gasteiger partial charge in [0.25, 0.3) is 0 Å². The Morgan fingerprint density at radius 1 is 0.900 bits per heavy atom. The van der Waals surface area contributed by atoms with E-state index in [1.807, 2.05) is 30.3 Å². The normalized spacial score (nSPS) is 13.9. The van der Waals surface area contributed by atoms with Gasteiger partial charge >= 0.3 is 0 Å². The number of phenols is 3. The van der Waals surface area contributed by atoms with Crippen molar-refractivity contribution in [1.82, 2.24) is 0 Å². The molecular weight excluding hydrogens is 258 g/mol. The molecule has 0 unspecified atom stereocenters. The second-order valence-electron chi connectivity index (χ2n) is 4.65. The third kappa shape index (κ3) is 2.84. The number of phenolic OH excluding ortho intramolecular Hbond substituents is 3. The first kappa shape index (κ1) is 14.2.